The number of rotatable bonds is 2. The molecule has 0 radical (unpaired) electrons. The third-order valence-electron chi connectivity index (χ3n) is 2.70. The standard InChI is InChI=1S/C13H10N4O/c14-12(18)10-6-7-15-17-8-11(16-13(10)17)9-4-2-1-3-5-9/h1-8H,(H2,14,18). The molecule has 3 aromatic rings. The number of benzene rings is 1. The summed E-state index contributed by atoms with van der Waals surface area (Å²) in [6.07, 6.45) is 3.31. The molecule has 0 saturated carbocycles. The number of imidazole rings is 1. The highest BCUT2D eigenvalue weighted by Crippen LogP contribution is 2.19. The first-order chi connectivity index (χ1) is 8.75. The molecule has 2 heterocycles. The Balaban J connectivity index is 2.23. The van der Waals surface area contributed by atoms with E-state index in [9.17, 15) is 4.79 Å². The molecular weight excluding hydrogens is 228 g/mol. The lowest BCUT2D eigenvalue weighted by Gasteiger charge is -1.96. The number of aromatic nitrogens is 3. The van der Waals surface area contributed by atoms with Gasteiger partial charge in [0.25, 0.3) is 5.91 Å². The Kier molecular flexibility index (Phi) is 2.30. The fraction of sp³-hybridized carbons (Fsp3) is 0. The summed E-state index contributed by atoms with van der Waals surface area (Å²) in [5.41, 5.74) is 7.88. The van der Waals surface area contributed by atoms with Crippen LogP contribution in [0, 0.1) is 0 Å². The topological polar surface area (TPSA) is 73.3 Å². The van der Waals surface area contributed by atoms with E-state index < -0.39 is 5.91 Å². The SMILES string of the molecule is NC(=O)c1ccnn2cc(-c3ccccc3)nc12. The van der Waals surface area contributed by atoms with Crippen molar-refractivity contribution in [1.82, 2.24) is 14.6 Å². The Morgan fingerprint density at radius 3 is 2.67 bits per heavy atom. The van der Waals surface area contributed by atoms with Crippen LogP contribution in [-0.4, -0.2) is 20.5 Å². The smallest absolute Gasteiger partial charge is 0.252 e. The van der Waals surface area contributed by atoms with E-state index in [1.165, 1.54) is 6.20 Å². The van der Waals surface area contributed by atoms with Gasteiger partial charge in [-0.25, -0.2) is 9.50 Å². The summed E-state index contributed by atoms with van der Waals surface area (Å²) in [4.78, 5) is 15.7. The first-order valence-electron chi connectivity index (χ1n) is 5.45. The summed E-state index contributed by atoms with van der Waals surface area (Å²) in [6.45, 7) is 0. The molecule has 0 fully saturated rings. The largest absolute Gasteiger partial charge is 0.365 e. The van der Waals surface area contributed by atoms with Gasteiger partial charge in [-0.3, -0.25) is 4.79 Å². The summed E-state index contributed by atoms with van der Waals surface area (Å²) in [7, 11) is 0. The summed E-state index contributed by atoms with van der Waals surface area (Å²) in [6, 6.07) is 11.3. The van der Waals surface area contributed by atoms with Crippen LogP contribution in [0.25, 0.3) is 16.9 Å². The molecule has 0 unspecified atom stereocenters. The normalized spacial score (nSPS) is 10.7. The van der Waals surface area contributed by atoms with Gasteiger partial charge >= 0.3 is 0 Å². The molecule has 18 heavy (non-hydrogen) atoms. The lowest BCUT2D eigenvalue weighted by molar-refractivity contribution is 0.100. The highest BCUT2D eigenvalue weighted by molar-refractivity contribution is 5.98. The van der Waals surface area contributed by atoms with Crippen molar-refractivity contribution < 1.29 is 4.79 Å². The number of nitrogens with zero attached hydrogens (tertiary/aromatic N) is 3. The Hall–Kier alpha value is -2.69. The number of amides is 1. The van der Waals surface area contributed by atoms with Crippen molar-refractivity contribution in [1.29, 1.82) is 0 Å². The van der Waals surface area contributed by atoms with Gasteiger partial charge in [-0.15, -0.1) is 0 Å². The summed E-state index contributed by atoms with van der Waals surface area (Å²) in [5, 5.41) is 4.12. The lowest BCUT2D eigenvalue weighted by atomic mass is 10.2. The number of primary amides is 1. The number of nitrogens with two attached hydrogens (primary N) is 1. The molecule has 0 aliphatic carbocycles. The van der Waals surface area contributed by atoms with E-state index in [4.69, 9.17) is 5.73 Å². The van der Waals surface area contributed by atoms with Gasteiger partial charge in [-0.05, 0) is 6.07 Å². The summed E-state index contributed by atoms with van der Waals surface area (Å²) in [5.74, 6) is -0.507. The quantitative estimate of drug-likeness (QED) is 0.735. The maximum absolute atomic E-state index is 11.3. The molecule has 0 saturated heterocycles. The third kappa shape index (κ3) is 1.62. The van der Waals surface area contributed by atoms with Crippen molar-refractivity contribution >= 4 is 11.6 Å². The van der Waals surface area contributed by atoms with E-state index in [1.54, 1.807) is 16.8 Å². The monoisotopic (exact) mass is 238 g/mol. The molecule has 5 heteroatoms. The van der Waals surface area contributed by atoms with Crippen LogP contribution in [0.5, 0.6) is 0 Å². The van der Waals surface area contributed by atoms with Crippen LogP contribution in [0.1, 0.15) is 10.4 Å². The molecule has 2 aromatic heterocycles. The van der Waals surface area contributed by atoms with Crippen molar-refractivity contribution in [3.63, 3.8) is 0 Å². The van der Waals surface area contributed by atoms with E-state index in [1.807, 2.05) is 30.3 Å². The van der Waals surface area contributed by atoms with Gasteiger partial charge in [0.05, 0.1) is 17.5 Å². The first-order valence-corrected chi connectivity index (χ1v) is 5.45. The highest BCUT2D eigenvalue weighted by atomic mass is 16.1. The molecule has 0 aliphatic heterocycles. The van der Waals surface area contributed by atoms with Gasteiger partial charge in [-0.2, -0.15) is 5.10 Å². The van der Waals surface area contributed by atoms with Gasteiger partial charge in [0, 0.05) is 11.8 Å². The van der Waals surface area contributed by atoms with Gasteiger partial charge in [0.15, 0.2) is 5.65 Å². The number of carbonyl (C=O) groups excluding carboxylic acids is 1. The Morgan fingerprint density at radius 2 is 1.94 bits per heavy atom. The number of hydrogen-bond donors (Lipinski definition) is 1. The lowest BCUT2D eigenvalue weighted by Crippen LogP contribution is -2.13. The van der Waals surface area contributed by atoms with Crippen LogP contribution in [-0.2, 0) is 0 Å². The van der Waals surface area contributed by atoms with Crippen LogP contribution >= 0.6 is 0 Å². The molecule has 3 rings (SSSR count). The predicted molar refractivity (Wildman–Crippen MR) is 66.9 cm³/mol. The zero-order valence-electron chi connectivity index (χ0n) is 9.45. The minimum Gasteiger partial charge on any atom is -0.365 e. The van der Waals surface area contributed by atoms with Crippen LogP contribution in [0.15, 0.2) is 48.8 Å². The van der Waals surface area contributed by atoms with Gasteiger partial charge in [0.2, 0.25) is 0 Å². The second kappa shape index (κ2) is 3.96. The van der Waals surface area contributed by atoms with Crippen LogP contribution in [0.2, 0.25) is 0 Å². The van der Waals surface area contributed by atoms with Gasteiger partial charge in [0.1, 0.15) is 0 Å². The second-order valence-corrected chi connectivity index (χ2v) is 3.87. The highest BCUT2D eigenvalue weighted by Gasteiger charge is 2.11. The summed E-state index contributed by atoms with van der Waals surface area (Å²) >= 11 is 0. The van der Waals surface area contributed by atoms with Crippen LogP contribution < -0.4 is 5.73 Å². The average molecular weight is 238 g/mol. The zero-order valence-corrected chi connectivity index (χ0v) is 9.45. The number of carbonyl (C=O) groups is 1. The number of hydrogen-bond acceptors (Lipinski definition) is 3. The maximum Gasteiger partial charge on any atom is 0.252 e. The van der Waals surface area contributed by atoms with Crippen molar-refractivity contribution in [3.05, 3.63) is 54.4 Å². The molecule has 1 aromatic carbocycles. The van der Waals surface area contributed by atoms with E-state index >= 15 is 0 Å². The van der Waals surface area contributed by atoms with Crippen molar-refractivity contribution in [2.75, 3.05) is 0 Å². The third-order valence-corrected chi connectivity index (χ3v) is 2.70. The van der Waals surface area contributed by atoms with Crippen molar-refractivity contribution in [2.45, 2.75) is 0 Å². The fourth-order valence-corrected chi connectivity index (χ4v) is 1.84. The molecule has 2 N–H and O–H groups in total. The Morgan fingerprint density at radius 1 is 1.17 bits per heavy atom. The van der Waals surface area contributed by atoms with Crippen molar-refractivity contribution in [3.8, 4) is 11.3 Å². The summed E-state index contributed by atoms with van der Waals surface area (Å²) < 4.78 is 1.56. The molecular formula is C13H10N4O. The first kappa shape index (κ1) is 10.5. The molecule has 88 valence electrons. The molecule has 0 atom stereocenters. The molecule has 0 aliphatic rings. The molecule has 5 nitrogen and oxygen atoms in total. The van der Waals surface area contributed by atoms with Gasteiger partial charge in [-0.1, -0.05) is 30.3 Å². The van der Waals surface area contributed by atoms with E-state index in [0.717, 1.165) is 11.3 Å². The van der Waals surface area contributed by atoms with Gasteiger partial charge < -0.3 is 5.73 Å². The predicted octanol–water partition coefficient (Wildman–Crippen LogP) is 1.50. The van der Waals surface area contributed by atoms with Crippen LogP contribution in [0.3, 0.4) is 0 Å². The maximum atomic E-state index is 11.3. The van der Waals surface area contributed by atoms with E-state index in [2.05, 4.69) is 10.1 Å². The number of fused-ring (bicyclic) bond motifs is 1. The van der Waals surface area contributed by atoms with Crippen LogP contribution in [0.4, 0.5) is 0 Å². The fourth-order valence-electron chi connectivity index (χ4n) is 1.84. The average Bonchev–Trinajstić information content (AvgIpc) is 2.83. The second-order valence-electron chi connectivity index (χ2n) is 3.87. The Bertz CT molecular complexity index is 718. The van der Waals surface area contributed by atoms with Crippen molar-refractivity contribution in [2.24, 2.45) is 5.73 Å². The molecule has 0 spiro atoms. The molecule has 1 amide bonds. The minimum atomic E-state index is -0.507. The minimum absolute atomic E-state index is 0.368. The van der Waals surface area contributed by atoms with E-state index in [-0.39, 0.29) is 0 Å². The Labute approximate surface area is 103 Å². The zero-order chi connectivity index (χ0) is 12.5. The van der Waals surface area contributed by atoms with E-state index in [0.29, 0.717) is 11.2 Å². The molecule has 0 bridgehead atoms.